The van der Waals surface area contributed by atoms with E-state index in [2.05, 4.69) is 10.3 Å². The molecule has 0 fully saturated rings. The van der Waals surface area contributed by atoms with Crippen LogP contribution in [0.5, 0.6) is 0 Å². The SMILES string of the molecule is CCN(C(=O)c1c[nH+]c(NC(C)C)cc1C(F)(F)F)c1ccc(Cl)cc1. The maximum absolute atomic E-state index is 13.5. The van der Waals surface area contributed by atoms with E-state index in [1.54, 1.807) is 45.0 Å². The number of halogens is 4. The van der Waals surface area contributed by atoms with Crippen LogP contribution in [0.15, 0.2) is 36.5 Å². The fourth-order valence-corrected chi connectivity index (χ4v) is 2.63. The zero-order valence-corrected chi connectivity index (χ0v) is 15.4. The van der Waals surface area contributed by atoms with Gasteiger partial charge in [0, 0.05) is 23.3 Å². The van der Waals surface area contributed by atoms with Crippen LogP contribution in [0.2, 0.25) is 5.02 Å². The summed E-state index contributed by atoms with van der Waals surface area (Å²) < 4.78 is 40.6. The highest BCUT2D eigenvalue weighted by molar-refractivity contribution is 6.30. The first-order valence-electron chi connectivity index (χ1n) is 8.10. The van der Waals surface area contributed by atoms with E-state index in [0.29, 0.717) is 10.7 Å². The number of aromatic nitrogens is 1. The Bertz CT molecular complexity index is 776. The van der Waals surface area contributed by atoms with Crippen molar-refractivity contribution in [1.29, 1.82) is 0 Å². The lowest BCUT2D eigenvalue weighted by Gasteiger charge is -2.22. The maximum atomic E-state index is 13.5. The van der Waals surface area contributed by atoms with Gasteiger partial charge in [-0.05, 0) is 45.0 Å². The predicted molar refractivity (Wildman–Crippen MR) is 95.6 cm³/mol. The van der Waals surface area contributed by atoms with Crippen molar-refractivity contribution in [3.8, 4) is 0 Å². The fraction of sp³-hybridized carbons (Fsp3) is 0.333. The minimum absolute atomic E-state index is 0.0601. The van der Waals surface area contributed by atoms with Crippen molar-refractivity contribution in [2.45, 2.75) is 33.0 Å². The first kappa shape index (κ1) is 20.0. The van der Waals surface area contributed by atoms with E-state index < -0.39 is 23.2 Å². The van der Waals surface area contributed by atoms with Gasteiger partial charge in [-0.3, -0.25) is 10.1 Å². The summed E-state index contributed by atoms with van der Waals surface area (Å²) in [5.74, 6) is -0.548. The molecule has 1 aromatic heterocycles. The molecule has 2 rings (SSSR count). The highest BCUT2D eigenvalue weighted by atomic mass is 35.5. The van der Waals surface area contributed by atoms with Gasteiger partial charge in [-0.2, -0.15) is 13.2 Å². The molecule has 8 heteroatoms. The summed E-state index contributed by atoms with van der Waals surface area (Å²) in [6.45, 7) is 5.51. The summed E-state index contributed by atoms with van der Waals surface area (Å²) in [6, 6.07) is 7.21. The molecule has 1 amide bonds. The zero-order valence-electron chi connectivity index (χ0n) is 14.6. The Morgan fingerprint density at radius 1 is 1.27 bits per heavy atom. The number of benzene rings is 1. The lowest BCUT2D eigenvalue weighted by Crippen LogP contribution is -2.34. The van der Waals surface area contributed by atoms with Gasteiger partial charge in [-0.25, -0.2) is 4.98 Å². The summed E-state index contributed by atoms with van der Waals surface area (Å²) in [6.07, 6.45) is -3.57. The number of hydrogen-bond acceptors (Lipinski definition) is 2. The first-order chi connectivity index (χ1) is 12.1. The van der Waals surface area contributed by atoms with Gasteiger partial charge in [0.2, 0.25) is 0 Å². The summed E-state index contributed by atoms with van der Waals surface area (Å²) in [4.78, 5) is 16.8. The van der Waals surface area contributed by atoms with Gasteiger partial charge in [-0.15, -0.1) is 0 Å². The van der Waals surface area contributed by atoms with Crippen LogP contribution < -0.4 is 15.2 Å². The standard InChI is InChI=1S/C18H19ClF3N3O/c1-4-25(13-7-5-12(19)6-8-13)17(26)14-10-23-16(24-11(2)3)9-15(14)18(20,21)22/h5-11H,4H2,1-3H3,(H,23,24)/p+1. The number of anilines is 2. The number of rotatable bonds is 5. The van der Waals surface area contributed by atoms with E-state index in [0.717, 1.165) is 12.3 Å². The molecule has 4 nitrogen and oxygen atoms in total. The molecule has 0 unspecified atom stereocenters. The summed E-state index contributed by atoms with van der Waals surface area (Å²) in [7, 11) is 0. The minimum atomic E-state index is -4.66. The van der Waals surface area contributed by atoms with E-state index in [-0.39, 0.29) is 18.4 Å². The fourth-order valence-electron chi connectivity index (χ4n) is 2.51. The van der Waals surface area contributed by atoms with Crippen LogP contribution in [0.3, 0.4) is 0 Å². The van der Waals surface area contributed by atoms with Gasteiger partial charge in [0.05, 0.1) is 17.2 Å². The molecule has 140 valence electrons. The van der Waals surface area contributed by atoms with Crippen LogP contribution in [-0.2, 0) is 6.18 Å². The van der Waals surface area contributed by atoms with Crippen LogP contribution in [0.4, 0.5) is 24.7 Å². The van der Waals surface area contributed by atoms with Crippen molar-refractivity contribution in [2.24, 2.45) is 0 Å². The topological polar surface area (TPSA) is 46.5 Å². The largest absolute Gasteiger partial charge is 0.417 e. The molecule has 2 N–H and O–H groups in total. The lowest BCUT2D eigenvalue weighted by atomic mass is 10.1. The monoisotopic (exact) mass is 386 g/mol. The van der Waals surface area contributed by atoms with Gasteiger partial charge in [0.25, 0.3) is 11.7 Å². The molecular weight excluding hydrogens is 367 g/mol. The molecule has 1 aromatic carbocycles. The Labute approximate surface area is 155 Å². The number of carbonyl (C=O) groups excluding carboxylic acids is 1. The lowest BCUT2D eigenvalue weighted by molar-refractivity contribution is -0.362. The second-order valence-corrected chi connectivity index (χ2v) is 6.43. The quantitative estimate of drug-likeness (QED) is 0.812. The van der Waals surface area contributed by atoms with Crippen molar-refractivity contribution in [3.63, 3.8) is 0 Å². The number of nitrogens with one attached hydrogen (secondary N) is 2. The van der Waals surface area contributed by atoms with Crippen LogP contribution in [0, 0.1) is 0 Å². The number of nitrogens with zero attached hydrogens (tertiary/aromatic N) is 1. The van der Waals surface area contributed by atoms with Crippen LogP contribution in [0.1, 0.15) is 36.7 Å². The van der Waals surface area contributed by atoms with Crippen LogP contribution >= 0.6 is 11.6 Å². The molecule has 0 aliphatic heterocycles. The Morgan fingerprint density at radius 2 is 1.88 bits per heavy atom. The van der Waals surface area contributed by atoms with E-state index in [4.69, 9.17) is 11.6 Å². The van der Waals surface area contributed by atoms with Gasteiger partial charge < -0.3 is 4.90 Å². The maximum Gasteiger partial charge on any atom is 0.417 e. The molecule has 0 radical (unpaired) electrons. The predicted octanol–water partition coefficient (Wildman–Crippen LogP) is 4.66. The Balaban J connectivity index is 2.47. The number of H-pyrrole nitrogens is 1. The average Bonchev–Trinajstić information content (AvgIpc) is 2.55. The second-order valence-electron chi connectivity index (χ2n) is 6.00. The molecule has 0 aliphatic rings. The third kappa shape index (κ3) is 4.66. The van der Waals surface area contributed by atoms with Crippen molar-refractivity contribution >= 4 is 29.0 Å². The third-order valence-corrected chi connectivity index (χ3v) is 3.88. The molecule has 2 aromatic rings. The van der Waals surface area contributed by atoms with Gasteiger partial charge in [-0.1, -0.05) is 11.6 Å². The van der Waals surface area contributed by atoms with E-state index >= 15 is 0 Å². The van der Waals surface area contributed by atoms with Gasteiger partial charge in [0.1, 0.15) is 6.20 Å². The van der Waals surface area contributed by atoms with E-state index in [1.807, 2.05) is 0 Å². The normalized spacial score (nSPS) is 11.5. The molecule has 0 saturated carbocycles. The number of carbonyl (C=O) groups is 1. The molecule has 1 heterocycles. The van der Waals surface area contributed by atoms with Crippen molar-refractivity contribution < 1.29 is 22.9 Å². The molecular formula is C18H20ClF3N3O+. The highest BCUT2D eigenvalue weighted by Crippen LogP contribution is 2.33. The minimum Gasteiger partial charge on any atom is -0.309 e. The Morgan fingerprint density at radius 3 is 2.38 bits per heavy atom. The second kappa shape index (κ2) is 7.95. The summed E-state index contributed by atoms with van der Waals surface area (Å²) in [5, 5.41) is 3.35. The number of alkyl halides is 3. The molecule has 0 bridgehead atoms. The Hall–Kier alpha value is -2.28. The van der Waals surface area contributed by atoms with E-state index in [9.17, 15) is 18.0 Å². The molecule has 0 atom stereocenters. The molecule has 26 heavy (non-hydrogen) atoms. The molecule has 0 aliphatic carbocycles. The van der Waals surface area contributed by atoms with Crippen LogP contribution in [0.25, 0.3) is 0 Å². The number of hydrogen-bond donors (Lipinski definition) is 1. The third-order valence-electron chi connectivity index (χ3n) is 3.63. The molecule has 0 spiro atoms. The highest BCUT2D eigenvalue weighted by Gasteiger charge is 2.38. The first-order valence-corrected chi connectivity index (χ1v) is 8.48. The zero-order chi connectivity index (χ0) is 19.5. The Kier molecular flexibility index (Phi) is 6.13. The van der Waals surface area contributed by atoms with Crippen molar-refractivity contribution in [3.05, 3.63) is 52.7 Å². The smallest absolute Gasteiger partial charge is 0.309 e. The number of pyridine rings is 1. The summed E-state index contributed by atoms with van der Waals surface area (Å²) >= 11 is 5.84. The number of amides is 1. The average molecular weight is 387 g/mol. The van der Waals surface area contributed by atoms with Crippen molar-refractivity contribution in [1.82, 2.24) is 0 Å². The van der Waals surface area contributed by atoms with Crippen molar-refractivity contribution in [2.75, 3.05) is 16.8 Å². The summed E-state index contributed by atoms with van der Waals surface area (Å²) in [5.41, 5.74) is -0.958. The van der Waals surface area contributed by atoms with Gasteiger partial charge >= 0.3 is 6.18 Å². The van der Waals surface area contributed by atoms with Gasteiger partial charge in [0.15, 0.2) is 0 Å². The number of aromatic amines is 1. The van der Waals surface area contributed by atoms with Crippen LogP contribution in [-0.4, -0.2) is 18.5 Å². The molecule has 0 saturated heterocycles. The van der Waals surface area contributed by atoms with E-state index in [1.165, 1.54) is 4.90 Å².